The maximum atomic E-state index is 5.75. The van der Waals surface area contributed by atoms with Crippen molar-refractivity contribution in [1.82, 2.24) is 4.98 Å². The molecule has 0 fully saturated rings. The van der Waals surface area contributed by atoms with Gasteiger partial charge < -0.3 is 9.73 Å². The molecule has 0 aliphatic rings. The van der Waals surface area contributed by atoms with Crippen LogP contribution in [0.5, 0.6) is 0 Å². The smallest absolute Gasteiger partial charge is 0.227 e. The largest absolute Gasteiger partial charge is 0.436 e. The zero-order valence-electron chi connectivity index (χ0n) is 9.77. The molecule has 90 valence electrons. The summed E-state index contributed by atoms with van der Waals surface area (Å²) in [6.07, 6.45) is 0. The predicted molar refractivity (Wildman–Crippen MR) is 76.7 cm³/mol. The minimum atomic E-state index is 0.638. The van der Waals surface area contributed by atoms with Crippen molar-refractivity contribution in [3.05, 3.63) is 46.9 Å². The molecule has 0 aliphatic carbocycles. The molecule has 4 heteroatoms. The molecule has 0 unspecified atom stereocenters. The minimum absolute atomic E-state index is 0.638. The quantitative estimate of drug-likeness (QED) is 0.767. The predicted octanol–water partition coefficient (Wildman–Crippen LogP) is 4.30. The van der Waals surface area contributed by atoms with Gasteiger partial charge in [0.05, 0.1) is 0 Å². The van der Waals surface area contributed by atoms with Crippen molar-refractivity contribution in [2.45, 2.75) is 0 Å². The number of hydrogen-bond donors (Lipinski definition) is 1. The lowest BCUT2D eigenvalue weighted by atomic mass is 10.2. The van der Waals surface area contributed by atoms with E-state index in [0.717, 1.165) is 26.8 Å². The fourth-order valence-corrected chi connectivity index (χ4v) is 2.23. The van der Waals surface area contributed by atoms with Crippen molar-refractivity contribution >= 4 is 32.7 Å². The van der Waals surface area contributed by atoms with Crippen LogP contribution >= 0.6 is 15.9 Å². The maximum absolute atomic E-state index is 5.75. The van der Waals surface area contributed by atoms with Crippen molar-refractivity contribution in [3.63, 3.8) is 0 Å². The molecular formula is C14H11BrN2O. The summed E-state index contributed by atoms with van der Waals surface area (Å²) in [5.41, 5.74) is 3.64. The molecule has 1 heterocycles. The number of benzene rings is 2. The third kappa shape index (κ3) is 1.99. The summed E-state index contributed by atoms with van der Waals surface area (Å²) in [5.74, 6) is 0.638. The zero-order chi connectivity index (χ0) is 12.5. The first-order valence-corrected chi connectivity index (χ1v) is 6.40. The Labute approximate surface area is 113 Å². The van der Waals surface area contributed by atoms with Gasteiger partial charge in [-0.05, 0) is 36.4 Å². The van der Waals surface area contributed by atoms with Crippen molar-refractivity contribution in [2.24, 2.45) is 0 Å². The van der Waals surface area contributed by atoms with Gasteiger partial charge in [0, 0.05) is 22.8 Å². The lowest BCUT2D eigenvalue weighted by Crippen LogP contribution is -1.86. The van der Waals surface area contributed by atoms with Gasteiger partial charge in [0.15, 0.2) is 5.58 Å². The van der Waals surface area contributed by atoms with Crippen molar-refractivity contribution in [3.8, 4) is 11.5 Å². The van der Waals surface area contributed by atoms with Crippen LogP contribution in [0.4, 0.5) is 5.69 Å². The lowest BCUT2D eigenvalue weighted by Gasteiger charge is -1.96. The van der Waals surface area contributed by atoms with E-state index in [-0.39, 0.29) is 0 Å². The first-order valence-electron chi connectivity index (χ1n) is 5.60. The summed E-state index contributed by atoms with van der Waals surface area (Å²) < 4.78 is 6.76. The van der Waals surface area contributed by atoms with Crippen LogP contribution in [0.3, 0.4) is 0 Å². The second-order valence-electron chi connectivity index (χ2n) is 3.96. The monoisotopic (exact) mass is 302 g/mol. The zero-order valence-corrected chi connectivity index (χ0v) is 11.4. The van der Waals surface area contributed by atoms with Crippen LogP contribution in [-0.4, -0.2) is 12.0 Å². The van der Waals surface area contributed by atoms with Gasteiger partial charge >= 0.3 is 0 Å². The Hall–Kier alpha value is -1.81. The SMILES string of the molecule is CNc1ccc2oc(-c3cccc(Br)c3)nc2c1. The number of rotatable bonds is 2. The van der Waals surface area contributed by atoms with E-state index >= 15 is 0 Å². The number of aromatic nitrogens is 1. The highest BCUT2D eigenvalue weighted by Crippen LogP contribution is 2.27. The van der Waals surface area contributed by atoms with Gasteiger partial charge in [-0.1, -0.05) is 22.0 Å². The molecule has 0 bridgehead atoms. The van der Waals surface area contributed by atoms with E-state index in [1.165, 1.54) is 0 Å². The standard InChI is InChI=1S/C14H11BrN2O/c1-16-11-5-6-13-12(8-11)17-14(18-13)9-3-2-4-10(15)7-9/h2-8,16H,1H3. The average Bonchev–Trinajstić information content (AvgIpc) is 2.81. The third-order valence-electron chi connectivity index (χ3n) is 2.75. The van der Waals surface area contributed by atoms with Gasteiger partial charge in [0.2, 0.25) is 5.89 Å². The van der Waals surface area contributed by atoms with Crippen LogP contribution in [0, 0.1) is 0 Å². The highest BCUT2D eigenvalue weighted by atomic mass is 79.9. The van der Waals surface area contributed by atoms with E-state index in [9.17, 15) is 0 Å². The van der Waals surface area contributed by atoms with Gasteiger partial charge in [0.1, 0.15) is 5.52 Å². The molecular weight excluding hydrogens is 292 g/mol. The fraction of sp³-hybridized carbons (Fsp3) is 0.0714. The fourth-order valence-electron chi connectivity index (χ4n) is 1.83. The highest BCUT2D eigenvalue weighted by molar-refractivity contribution is 9.10. The molecule has 0 radical (unpaired) electrons. The Bertz CT molecular complexity index is 706. The Morgan fingerprint density at radius 3 is 2.83 bits per heavy atom. The molecule has 0 spiro atoms. The Kier molecular flexibility index (Phi) is 2.80. The molecule has 0 saturated heterocycles. The topological polar surface area (TPSA) is 38.1 Å². The molecule has 1 aromatic heterocycles. The Morgan fingerprint density at radius 1 is 1.17 bits per heavy atom. The first-order chi connectivity index (χ1) is 8.76. The van der Waals surface area contributed by atoms with Crippen LogP contribution in [0.25, 0.3) is 22.6 Å². The van der Waals surface area contributed by atoms with Gasteiger partial charge in [-0.3, -0.25) is 0 Å². The summed E-state index contributed by atoms with van der Waals surface area (Å²) in [6, 6.07) is 13.8. The number of nitrogens with one attached hydrogen (secondary N) is 1. The van der Waals surface area contributed by atoms with E-state index in [2.05, 4.69) is 26.2 Å². The molecule has 0 atom stereocenters. The van der Waals surface area contributed by atoms with Crippen LogP contribution in [-0.2, 0) is 0 Å². The number of oxazole rings is 1. The normalized spacial score (nSPS) is 10.8. The molecule has 3 rings (SSSR count). The van der Waals surface area contributed by atoms with E-state index in [1.807, 2.05) is 49.5 Å². The van der Waals surface area contributed by atoms with E-state index in [0.29, 0.717) is 5.89 Å². The van der Waals surface area contributed by atoms with Crippen molar-refractivity contribution < 1.29 is 4.42 Å². The molecule has 0 amide bonds. The average molecular weight is 303 g/mol. The van der Waals surface area contributed by atoms with E-state index in [4.69, 9.17) is 4.42 Å². The minimum Gasteiger partial charge on any atom is -0.436 e. The number of hydrogen-bond acceptors (Lipinski definition) is 3. The van der Waals surface area contributed by atoms with E-state index < -0.39 is 0 Å². The van der Waals surface area contributed by atoms with Crippen LogP contribution in [0.1, 0.15) is 0 Å². The molecule has 0 aliphatic heterocycles. The molecule has 18 heavy (non-hydrogen) atoms. The third-order valence-corrected chi connectivity index (χ3v) is 3.24. The van der Waals surface area contributed by atoms with Gasteiger partial charge in [-0.25, -0.2) is 4.98 Å². The molecule has 0 saturated carbocycles. The van der Waals surface area contributed by atoms with Crippen LogP contribution < -0.4 is 5.32 Å². The first kappa shape index (κ1) is 11.3. The van der Waals surface area contributed by atoms with Gasteiger partial charge in [-0.15, -0.1) is 0 Å². The second-order valence-corrected chi connectivity index (χ2v) is 4.88. The van der Waals surface area contributed by atoms with Crippen LogP contribution in [0.15, 0.2) is 51.4 Å². The number of fused-ring (bicyclic) bond motifs is 1. The molecule has 3 nitrogen and oxygen atoms in total. The van der Waals surface area contributed by atoms with Gasteiger partial charge in [0.25, 0.3) is 0 Å². The maximum Gasteiger partial charge on any atom is 0.227 e. The molecule has 2 aromatic carbocycles. The highest BCUT2D eigenvalue weighted by Gasteiger charge is 2.08. The number of nitrogens with zero attached hydrogens (tertiary/aromatic N) is 1. The van der Waals surface area contributed by atoms with Crippen LogP contribution in [0.2, 0.25) is 0 Å². The number of anilines is 1. The summed E-state index contributed by atoms with van der Waals surface area (Å²) in [5, 5.41) is 3.09. The summed E-state index contributed by atoms with van der Waals surface area (Å²) in [6.45, 7) is 0. The summed E-state index contributed by atoms with van der Waals surface area (Å²) in [4.78, 5) is 4.51. The van der Waals surface area contributed by atoms with Crippen molar-refractivity contribution in [1.29, 1.82) is 0 Å². The summed E-state index contributed by atoms with van der Waals surface area (Å²) >= 11 is 3.45. The lowest BCUT2D eigenvalue weighted by molar-refractivity contribution is 0.620. The number of halogens is 1. The Balaban J connectivity index is 2.13. The van der Waals surface area contributed by atoms with E-state index in [1.54, 1.807) is 0 Å². The second kappa shape index (κ2) is 4.46. The molecule has 3 aromatic rings. The molecule has 1 N–H and O–H groups in total. The Morgan fingerprint density at radius 2 is 2.06 bits per heavy atom. The van der Waals surface area contributed by atoms with Crippen molar-refractivity contribution in [2.75, 3.05) is 12.4 Å². The summed E-state index contributed by atoms with van der Waals surface area (Å²) in [7, 11) is 1.89. The van der Waals surface area contributed by atoms with Gasteiger partial charge in [-0.2, -0.15) is 0 Å².